The lowest BCUT2D eigenvalue weighted by atomic mass is 9.98. The molecule has 0 fully saturated rings. The Bertz CT molecular complexity index is 1490. The minimum Gasteiger partial charge on any atom is -0.478 e. The second-order valence-electron chi connectivity index (χ2n) is 10.9. The van der Waals surface area contributed by atoms with Crippen molar-refractivity contribution < 1.29 is 14.7 Å². The Balaban J connectivity index is 1.62. The zero-order valence-corrected chi connectivity index (χ0v) is 24.7. The molecule has 210 valence electrons. The molecule has 0 saturated carbocycles. The number of carboxylic acid groups (broad SMARTS) is 1. The number of fused-ring (bicyclic) bond motifs is 1. The highest BCUT2D eigenvalue weighted by atomic mass is 32.1. The Hall–Kier alpha value is -3.58. The van der Waals surface area contributed by atoms with Crippen molar-refractivity contribution in [2.75, 3.05) is 5.75 Å². The van der Waals surface area contributed by atoms with Crippen molar-refractivity contribution in [2.45, 2.75) is 60.0 Å². The molecule has 7 heteroatoms. The highest BCUT2D eigenvalue weighted by Gasteiger charge is 2.19. The zero-order chi connectivity index (χ0) is 28.8. The molecule has 40 heavy (non-hydrogen) atoms. The third kappa shape index (κ3) is 6.76. The number of aromatic nitrogens is 2. The molecule has 1 heterocycles. The van der Waals surface area contributed by atoms with Gasteiger partial charge in [-0.3, -0.25) is 4.79 Å². The molecule has 4 aromatic rings. The molecule has 0 bridgehead atoms. The first kappa shape index (κ1) is 29.4. The number of nitrogens with one attached hydrogen (secondary N) is 1. The Kier molecular flexibility index (Phi) is 9.69. The van der Waals surface area contributed by atoms with Gasteiger partial charge in [-0.05, 0) is 65.6 Å². The molecule has 6 nitrogen and oxygen atoms in total. The van der Waals surface area contributed by atoms with Crippen LogP contribution in [0.3, 0.4) is 0 Å². The third-order valence-corrected chi connectivity index (χ3v) is 7.67. The van der Waals surface area contributed by atoms with Gasteiger partial charge in [-0.2, -0.15) is 12.6 Å². The molecule has 0 spiro atoms. The van der Waals surface area contributed by atoms with Gasteiger partial charge in [0.05, 0.1) is 16.6 Å². The lowest BCUT2D eigenvalue weighted by Gasteiger charge is -2.17. The minimum atomic E-state index is -0.933. The van der Waals surface area contributed by atoms with E-state index in [9.17, 15) is 14.7 Å². The summed E-state index contributed by atoms with van der Waals surface area (Å²) in [6.45, 7) is 9.59. The fourth-order valence-electron chi connectivity index (χ4n) is 5.27. The summed E-state index contributed by atoms with van der Waals surface area (Å²) in [6, 6.07) is 19.4. The van der Waals surface area contributed by atoms with Crippen LogP contribution in [-0.4, -0.2) is 32.3 Å². The van der Waals surface area contributed by atoms with Crippen molar-refractivity contribution in [2.24, 2.45) is 11.8 Å². The van der Waals surface area contributed by atoms with E-state index in [0.717, 1.165) is 58.4 Å². The monoisotopic (exact) mass is 557 g/mol. The van der Waals surface area contributed by atoms with Crippen LogP contribution in [0.1, 0.15) is 66.5 Å². The first-order chi connectivity index (χ1) is 19.2. The fraction of sp³-hybridized carbons (Fsp3) is 0.364. The second kappa shape index (κ2) is 13.2. The van der Waals surface area contributed by atoms with Crippen molar-refractivity contribution in [1.82, 2.24) is 14.9 Å². The quantitative estimate of drug-likeness (QED) is 0.165. The van der Waals surface area contributed by atoms with Gasteiger partial charge in [0, 0.05) is 31.2 Å². The van der Waals surface area contributed by atoms with Crippen molar-refractivity contribution in [3.8, 4) is 11.1 Å². The number of carbonyl (C=O) groups excluding carboxylic acids is 1. The van der Waals surface area contributed by atoms with Crippen LogP contribution >= 0.6 is 12.6 Å². The smallest absolute Gasteiger partial charge is 0.336 e. The van der Waals surface area contributed by atoms with Crippen LogP contribution in [0.4, 0.5) is 0 Å². The first-order valence-electron chi connectivity index (χ1n) is 14.0. The molecule has 1 amide bonds. The Morgan fingerprint density at radius 3 is 2.42 bits per heavy atom. The van der Waals surface area contributed by atoms with Crippen LogP contribution in [0.15, 0.2) is 60.7 Å². The maximum absolute atomic E-state index is 12.8. The van der Waals surface area contributed by atoms with Crippen LogP contribution in [0.5, 0.6) is 0 Å². The number of thiol groups is 1. The van der Waals surface area contributed by atoms with Crippen molar-refractivity contribution in [3.63, 3.8) is 0 Å². The molecule has 0 aliphatic heterocycles. The largest absolute Gasteiger partial charge is 0.478 e. The first-order valence-corrected chi connectivity index (χ1v) is 14.6. The highest BCUT2D eigenvalue weighted by Crippen LogP contribution is 2.27. The number of rotatable bonds is 12. The van der Waals surface area contributed by atoms with E-state index >= 15 is 0 Å². The fourth-order valence-corrected chi connectivity index (χ4v) is 5.58. The van der Waals surface area contributed by atoms with Crippen LogP contribution in [-0.2, 0) is 24.3 Å². The van der Waals surface area contributed by atoms with Gasteiger partial charge < -0.3 is 15.0 Å². The lowest BCUT2D eigenvalue weighted by molar-refractivity contribution is -0.124. The Morgan fingerprint density at radius 2 is 1.77 bits per heavy atom. The number of hydrogen-bond donors (Lipinski definition) is 3. The Morgan fingerprint density at radius 1 is 1.05 bits per heavy atom. The van der Waals surface area contributed by atoms with Crippen LogP contribution in [0.2, 0.25) is 0 Å². The normalized spacial score (nSPS) is 12.2. The van der Waals surface area contributed by atoms with E-state index < -0.39 is 5.97 Å². The van der Waals surface area contributed by atoms with Gasteiger partial charge in [0.15, 0.2) is 0 Å². The van der Waals surface area contributed by atoms with E-state index in [4.69, 9.17) is 4.98 Å². The number of amides is 1. The second-order valence-corrected chi connectivity index (χ2v) is 11.3. The van der Waals surface area contributed by atoms with Gasteiger partial charge in [0.25, 0.3) is 0 Å². The molecule has 3 aromatic carbocycles. The summed E-state index contributed by atoms with van der Waals surface area (Å²) in [7, 11) is 0. The van der Waals surface area contributed by atoms with E-state index in [2.05, 4.69) is 74.5 Å². The molecule has 1 atom stereocenters. The van der Waals surface area contributed by atoms with E-state index in [0.29, 0.717) is 35.9 Å². The molecule has 2 N–H and O–H groups in total. The molecule has 1 unspecified atom stereocenters. The number of nitrogens with zero attached hydrogens (tertiary/aromatic N) is 2. The van der Waals surface area contributed by atoms with E-state index in [1.165, 1.54) is 0 Å². The zero-order valence-electron chi connectivity index (χ0n) is 23.8. The number of carbonyl (C=O) groups is 2. The van der Waals surface area contributed by atoms with Crippen molar-refractivity contribution >= 4 is 35.5 Å². The van der Waals surface area contributed by atoms with Gasteiger partial charge in [0.2, 0.25) is 5.91 Å². The predicted octanol–water partition coefficient (Wildman–Crippen LogP) is 6.92. The molecule has 4 rings (SSSR count). The van der Waals surface area contributed by atoms with Crippen LogP contribution in [0.25, 0.3) is 22.2 Å². The Labute approximate surface area is 242 Å². The molecule has 1 aromatic heterocycles. The average molecular weight is 558 g/mol. The molecule has 0 aliphatic rings. The molecule has 0 aliphatic carbocycles. The van der Waals surface area contributed by atoms with E-state index in [1.54, 1.807) is 12.1 Å². The summed E-state index contributed by atoms with van der Waals surface area (Å²) < 4.78 is 2.27. The molecule has 0 saturated heterocycles. The van der Waals surface area contributed by atoms with E-state index in [1.807, 2.05) is 24.3 Å². The lowest BCUT2D eigenvalue weighted by Crippen LogP contribution is -2.32. The SMILES string of the molecule is CCCc1nc2c(C)cc(CNC(=O)C(CS)CC(C)C)cc2n1Cc1ccc(-c2ccccc2C(=O)O)cc1. The van der Waals surface area contributed by atoms with Gasteiger partial charge in [-0.15, -0.1) is 0 Å². The minimum absolute atomic E-state index is 0.0474. The number of carboxylic acids is 1. The number of benzene rings is 3. The maximum atomic E-state index is 12.8. The summed E-state index contributed by atoms with van der Waals surface area (Å²) in [4.78, 5) is 29.5. The number of aromatic carboxylic acids is 1. The average Bonchev–Trinajstić information content (AvgIpc) is 3.28. The summed E-state index contributed by atoms with van der Waals surface area (Å²) >= 11 is 4.40. The number of aryl methyl sites for hydroxylation is 2. The number of imidazole rings is 1. The van der Waals surface area contributed by atoms with Gasteiger partial charge in [0.1, 0.15) is 5.82 Å². The molecule has 0 radical (unpaired) electrons. The van der Waals surface area contributed by atoms with Crippen LogP contribution < -0.4 is 5.32 Å². The number of hydrogen-bond acceptors (Lipinski definition) is 4. The third-order valence-electron chi connectivity index (χ3n) is 7.23. The topological polar surface area (TPSA) is 84.2 Å². The van der Waals surface area contributed by atoms with E-state index in [-0.39, 0.29) is 11.8 Å². The standard InChI is InChI=1S/C33H39N3O3S/c1-5-8-30-35-31-22(4)16-24(18-34-32(37)26(20-40)15-21(2)3)17-29(31)36(30)19-23-11-13-25(14-12-23)27-9-6-7-10-28(27)33(38)39/h6-7,9-14,16-17,21,26,40H,5,8,15,18-20H2,1-4H3,(H,34,37)(H,38,39). The summed E-state index contributed by atoms with van der Waals surface area (Å²) in [5.74, 6) is 1.03. The summed E-state index contributed by atoms with van der Waals surface area (Å²) in [6.07, 6.45) is 2.67. The predicted molar refractivity (Wildman–Crippen MR) is 165 cm³/mol. The summed E-state index contributed by atoms with van der Waals surface area (Å²) in [5, 5.41) is 12.7. The summed E-state index contributed by atoms with van der Waals surface area (Å²) in [5.41, 5.74) is 7.15. The van der Waals surface area contributed by atoms with Gasteiger partial charge >= 0.3 is 5.97 Å². The van der Waals surface area contributed by atoms with Crippen LogP contribution in [0, 0.1) is 18.8 Å². The molecular weight excluding hydrogens is 518 g/mol. The highest BCUT2D eigenvalue weighted by molar-refractivity contribution is 7.80. The molecular formula is C33H39N3O3S. The van der Waals surface area contributed by atoms with Gasteiger partial charge in [-0.1, -0.05) is 69.3 Å². The van der Waals surface area contributed by atoms with Gasteiger partial charge in [-0.25, -0.2) is 9.78 Å². The van der Waals surface area contributed by atoms with Crippen molar-refractivity contribution in [1.29, 1.82) is 0 Å². The van der Waals surface area contributed by atoms with Crippen molar-refractivity contribution in [3.05, 3.63) is 88.7 Å². The maximum Gasteiger partial charge on any atom is 0.336 e.